The number of methoxy groups -OCH3 is 1. The van der Waals surface area contributed by atoms with Crippen LogP contribution in [0.1, 0.15) is 53.4 Å². The first-order valence-corrected chi connectivity index (χ1v) is 12.7. The minimum Gasteiger partial charge on any atom is -0.388 e. The molecule has 190 valence electrons. The summed E-state index contributed by atoms with van der Waals surface area (Å²) in [5.41, 5.74) is 0.716. The molecule has 0 unspecified atom stereocenters. The first kappa shape index (κ1) is 23.6. The summed E-state index contributed by atoms with van der Waals surface area (Å²) in [5.74, 6) is -2.93. The Kier molecular flexibility index (Phi) is 4.94. The second-order valence-corrected chi connectivity index (χ2v) is 12.2. The molecular formula is C26H38O8. The van der Waals surface area contributed by atoms with Gasteiger partial charge in [-0.25, -0.2) is 0 Å². The second-order valence-electron chi connectivity index (χ2n) is 12.2. The predicted octanol–water partition coefficient (Wildman–Crippen LogP) is 1.61. The first-order chi connectivity index (χ1) is 15.9. The van der Waals surface area contributed by atoms with E-state index in [1.165, 1.54) is 18.3 Å². The topological polar surface area (TPSA) is 118 Å². The number of aliphatic hydroxyl groups is 4. The van der Waals surface area contributed by atoms with Gasteiger partial charge >= 0.3 is 0 Å². The summed E-state index contributed by atoms with van der Waals surface area (Å²) in [7, 11) is 1.45. The normalized spacial score (nSPS) is 56.1. The van der Waals surface area contributed by atoms with Crippen LogP contribution in [-0.4, -0.2) is 76.4 Å². The lowest BCUT2D eigenvalue weighted by molar-refractivity contribution is -0.441. The lowest BCUT2D eigenvalue weighted by atomic mass is 9.52. The first-order valence-electron chi connectivity index (χ1n) is 12.7. The van der Waals surface area contributed by atoms with Gasteiger partial charge in [0, 0.05) is 18.4 Å². The zero-order chi connectivity index (χ0) is 24.4. The van der Waals surface area contributed by atoms with Gasteiger partial charge in [0.1, 0.15) is 6.10 Å². The van der Waals surface area contributed by atoms with E-state index in [9.17, 15) is 20.4 Å². The molecule has 0 amide bonds. The SMILES string of the molecule is CO[C@@H]1O[C@@]2(O)[C@H](O)CO[C@H]3O[C@H]4[C@@H](C1=C[C@@H](O)[C@@H]1C5=C(C(C)C)CC[C@]5(C)CC[C@@]41C)[C@]32O. The third kappa shape index (κ3) is 2.56. The number of hydrogen-bond donors (Lipinski definition) is 4. The number of hydrogen-bond acceptors (Lipinski definition) is 8. The molecule has 4 N–H and O–H groups in total. The van der Waals surface area contributed by atoms with Gasteiger partial charge in [0.25, 0.3) is 0 Å². The van der Waals surface area contributed by atoms with Crippen LogP contribution in [0.2, 0.25) is 0 Å². The van der Waals surface area contributed by atoms with Crippen LogP contribution in [0.4, 0.5) is 0 Å². The van der Waals surface area contributed by atoms with E-state index in [4.69, 9.17) is 18.9 Å². The van der Waals surface area contributed by atoms with Gasteiger partial charge in [-0.2, -0.15) is 0 Å². The van der Waals surface area contributed by atoms with Crippen LogP contribution in [0.15, 0.2) is 22.8 Å². The fraction of sp³-hybridized carbons (Fsp3) is 0.846. The van der Waals surface area contributed by atoms with Gasteiger partial charge in [-0.15, -0.1) is 0 Å². The zero-order valence-electron chi connectivity index (χ0n) is 20.7. The van der Waals surface area contributed by atoms with Crippen molar-refractivity contribution in [3.05, 3.63) is 22.8 Å². The minimum absolute atomic E-state index is 0.0195. The Labute approximate surface area is 200 Å². The summed E-state index contributed by atoms with van der Waals surface area (Å²) in [4.78, 5) is 0. The third-order valence-corrected chi connectivity index (χ3v) is 10.2. The fourth-order valence-electron chi connectivity index (χ4n) is 8.40. The zero-order valence-corrected chi connectivity index (χ0v) is 20.7. The number of aliphatic hydroxyl groups excluding tert-OH is 2. The lowest BCUT2D eigenvalue weighted by Crippen LogP contribution is -2.77. The van der Waals surface area contributed by atoms with Crippen molar-refractivity contribution in [1.29, 1.82) is 0 Å². The van der Waals surface area contributed by atoms with Gasteiger partial charge in [0.05, 0.1) is 24.7 Å². The standard InChI is InChI=1S/C26H38O8/c1-12(2)13-6-7-23(3)8-9-24(4)19(17(13)23)15(27)10-14-18-20(24)33-22-25(18,29)26(30,16(28)11-32-22)34-21(14)31-5/h10,12,15-16,18-22,27-30H,6-9,11H2,1-5H3/t15-,16-,18-,19-,20+,21-,22+,23-,24-,25+,26+/m1/s1. The van der Waals surface area contributed by atoms with E-state index >= 15 is 0 Å². The fourth-order valence-corrected chi connectivity index (χ4v) is 8.40. The molecule has 3 saturated heterocycles. The summed E-state index contributed by atoms with van der Waals surface area (Å²) in [6.45, 7) is 8.65. The van der Waals surface area contributed by atoms with Gasteiger partial charge in [-0.3, -0.25) is 0 Å². The molecule has 0 aromatic heterocycles. The van der Waals surface area contributed by atoms with Crippen molar-refractivity contribution in [3.63, 3.8) is 0 Å². The van der Waals surface area contributed by atoms with Crippen molar-refractivity contribution in [2.75, 3.05) is 13.7 Å². The van der Waals surface area contributed by atoms with Gasteiger partial charge < -0.3 is 39.4 Å². The molecule has 6 aliphatic rings. The number of rotatable bonds is 2. The lowest BCUT2D eigenvalue weighted by Gasteiger charge is -2.56. The molecule has 0 spiro atoms. The quantitative estimate of drug-likeness (QED) is 0.442. The van der Waals surface area contributed by atoms with Gasteiger partial charge in [-0.05, 0) is 42.6 Å². The highest BCUT2D eigenvalue weighted by atomic mass is 16.8. The minimum atomic E-state index is -2.33. The Hall–Kier alpha value is -0.840. The van der Waals surface area contributed by atoms with E-state index in [0.717, 1.165) is 25.7 Å². The molecule has 34 heavy (non-hydrogen) atoms. The predicted molar refractivity (Wildman–Crippen MR) is 120 cm³/mol. The molecule has 11 atom stereocenters. The van der Waals surface area contributed by atoms with Gasteiger partial charge in [0.15, 0.2) is 18.2 Å². The molecule has 0 aromatic rings. The molecule has 0 aromatic carbocycles. The largest absolute Gasteiger partial charge is 0.388 e. The number of ether oxygens (including phenoxy) is 4. The highest BCUT2D eigenvalue weighted by Crippen LogP contribution is 2.68. The second kappa shape index (κ2) is 7.13. The third-order valence-electron chi connectivity index (χ3n) is 10.2. The molecule has 0 radical (unpaired) electrons. The summed E-state index contributed by atoms with van der Waals surface area (Å²) < 4.78 is 23.7. The van der Waals surface area contributed by atoms with Crippen LogP contribution < -0.4 is 0 Å². The maximum atomic E-state index is 12.1. The van der Waals surface area contributed by atoms with Crippen LogP contribution in [0.25, 0.3) is 0 Å². The highest BCUT2D eigenvalue weighted by Gasteiger charge is 2.79. The molecule has 3 aliphatic carbocycles. The Morgan fingerprint density at radius 2 is 1.82 bits per heavy atom. The average molecular weight is 479 g/mol. The Morgan fingerprint density at radius 3 is 2.50 bits per heavy atom. The van der Waals surface area contributed by atoms with Crippen molar-refractivity contribution in [2.24, 2.45) is 28.6 Å². The summed E-state index contributed by atoms with van der Waals surface area (Å²) >= 11 is 0. The molecule has 8 nitrogen and oxygen atoms in total. The van der Waals surface area contributed by atoms with E-state index in [0.29, 0.717) is 11.5 Å². The highest BCUT2D eigenvalue weighted by molar-refractivity contribution is 5.41. The Bertz CT molecular complexity index is 960. The molecule has 6 rings (SSSR count). The van der Waals surface area contributed by atoms with E-state index in [1.807, 2.05) is 0 Å². The smallest absolute Gasteiger partial charge is 0.232 e. The number of allylic oxidation sites excluding steroid dienone is 1. The van der Waals surface area contributed by atoms with Crippen molar-refractivity contribution >= 4 is 0 Å². The van der Waals surface area contributed by atoms with Crippen molar-refractivity contribution in [1.82, 2.24) is 0 Å². The summed E-state index contributed by atoms with van der Waals surface area (Å²) in [6.07, 6.45) is 0.519. The van der Waals surface area contributed by atoms with Crippen LogP contribution in [-0.2, 0) is 18.9 Å². The molecule has 3 aliphatic heterocycles. The van der Waals surface area contributed by atoms with E-state index in [1.54, 1.807) is 6.08 Å². The maximum Gasteiger partial charge on any atom is 0.232 e. The van der Waals surface area contributed by atoms with Crippen molar-refractivity contribution in [3.8, 4) is 0 Å². The summed E-state index contributed by atoms with van der Waals surface area (Å²) in [6, 6.07) is 0. The molecule has 4 fully saturated rings. The average Bonchev–Trinajstić information content (AvgIpc) is 3.26. The van der Waals surface area contributed by atoms with E-state index in [-0.39, 0.29) is 17.9 Å². The van der Waals surface area contributed by atoms with Crippen LogP contribution in [0.5, 0.6) is 0 Å². The van der Waals surface area contributed by atoms with E-state index in [2.05, 4.69) is 27.7 Å². The van der Waals surface area contributed by atoms with Crippen molar-refractivity contribution < 1.29 is 39.4 Å². The van der Waals surface area contributed by atoms with Crippen LogP contribution in [0.3, 0.4) is 0 Å². The van der Waals surface area contributed by atoms with Gasteiger partial charge in [-0.1, -0.05) is 44.9 Å². The van der Waals surface area contributed by atoms with Gasteiger partial charge in [0.2, 0.25) is 5.79 Å². The van der Waals surface area contributed by atoms with Crippen molar-refractivity contribution in [2.45, 2.75) is 95.7 Å². The summed E-state index contributed by atoms with van der Waals surface area (Å²) in [5, 5.41) is 46.1. The molecular weight excluding hydrogens is 440 g/mol. The van der Waals surface area contributed by atoms with E-state index < -0.39 is 53.6 Å². The maximum absolute atomic E-state index is 12.1. The molecule has 0 bridgehead atoms. The number of fused-ring (bicyclic) bond motifs is 4. The Morgan fingerprint density at radius 1 is 1.09 bits per heavy atom. The Balaban J connectivity index is 1.58. The van der Waals surface area contributed by atoms with Crippen LogP contribution >= 0.6 is 0 Å². The van der Waals surface area contributed by atoms with Crippen LogP contribution in [0, 0.1) is 28.6 Å². The molecule has 8 heteroatoms. The molecule has 1 saturated carbocycles. The molecule has 3 heterocycles. The monoisotopic (exact) mass is 478 g/mol.